The van der Waals surface area contributed by atoms with E-state index in [-0.39, 0.29) is 5.97 Å². The number of hydrogen-bond donors (Lipinski definition) is 1. The van der Waals surface area contributed by atoms with Gasteiger partial charge in [0.2, 0.25) is 0 Å². The maximum atomic E-state index is 12.1. The molecule has 0 bridgehead atoms. The number of piperidine rings is 1. The maximum absolute atomic E-state index is 12.1. The van der Waals surface area contributed by atoms with Gasteiger partial charge in [0.15, 0.2) is 0 Å². The highest BCUT2D eigenvalue weighted by Gasteiger charge is 2.41. The molecule has 0 aromatic heterocycles. The van der Waals surface area contributed by atoms with Crippen molar-refractivity contribution in [2.45, 2.75) is 45.6 Å². The summed E-state index contributed by atoms with van der Waals surface area (Å²) in [5, 5.41) is 3.41. The van der Waals surface area contributed by atoms with E-state index in [2.05, 4.69) is 24.1 Å². The second-order valence-electron chi connectivity index (χ2n) is 4.66. The molecule has 4 nitrogen and oxygen atoms in total. The minimum atomic E-state index is -0.433. The van der Waals surface area contributed by atoms with Crippen LogP contribution >= 0.6 is 0 Å². The van der Waals surface area contributed by atoms with Gasteiger partial charge in [-0.2, -0.15) is 0 Å². The predicted molar refractivity (Wildman–Crippen MR) is 69.0 cm³/mol. The van der Waals surface area contributed by atoms with E-state index in [4.69, 9.17) is 4.74 Å². The monoisotopic (exact) mass is 242 g/mol. The molecule has 1 rings (SSSR count). The molecule has 1 N–H and O–H groups in total. The Hall–Kier alpha value is -0.610. The Morgan fingerprint density at radius 1 is 1.29 bits per heavy atom. The summed E-state index contributed by atoms with van der Waals surface area (Å²) in [5.74, 6) is -0.0656. The smallest absolute Gasteiger partial charge is 0.326 e. The average Bonchev–Trinajstić information content (AvgIpc) is 2.37. The highest BCUT2D eigenvalue weighted by atomic mass is 16.5. The second kappa shape index (κ2) is 6.97. The summed E-state index contributed by atoms with van der Waals surface area (Å²) in [6.45, 7) is 10.5. The number of carbonyl (C=O) groups is 1. The number of hydrogen-bond acceptors (Lipinski definition) is 4. The molecule has 17 heavy (non-hydrogen) atoms. The van der Waals surface area contributed by atoms with Gasteiger partial charge in [-0.05, 0) is 39.3 Å². The quantitative estimate of drug-likeness (QED) is 0.715. The second-order valence-corrected chi connectivity index (χ2v) is 4.66. The summed E-state index contributed by atoms with van der Waals surface area (Å²) in [4.78, 5) is 14.5. The highest BCUT2D eigenvalue weighted by molar-refractivity contribution is 5.81. The first-order valence-electron chi connectivity index (χ1n) is 6.83. The highest BCUT2D eigenvalue weighted by Crippen LogP contribution is 2.24. The van der Waals surface area contributed by atoms with Crippen LogP contribution < -0.4 is 5.32 Å². The standard InChI is InChI=1S/C13H26N2O2/c1-4-9-14-13(12(16)17-6-3)7-10-15(5-2)11-8-13/h14H,4-11H2,1-3H3. The van der Waals surface area contributed by atoms with Crippen LogP contribution in [0.3, 0.4) is 0 Å². The fourth-order valence-corrected chi connectivity index (χ4v) is 2.34. The lowest BCUT2D eigenvalue weighted by molar-refractivity contribution is -0.153. The zero-order valence-corrected chi connectivity index (χ0v) is 11.4. The van der Waals surface area contributed by atoms with Crippen molar-refractivity contribution in [2.75, 3.05) is 32.8 Å². The number of rotatable bonds is 6. The zero-order chi connectivity index (χ0) is 12.7. The molecule has 0 atom stereocenters. The van der Waals surface area contributed by atoms with Crippen molar-refractivity contribution < 1.29 is 9.53 Å². The van der Waals surface area contributed by atoms with Gasteiger partial charge in [0.05, 0.1) is 6.61 Å². The molecule has 0 aliphatic carbocycles. The number of esters is 1. The minimum absolute atomic E-state index is 0.0656. The third kappa shape index (κ3) is 3.68. The van der Waals surface area contributed by atoms with Gasteiger partial charge in [-0.15, -0.1) is 0 Å². The summed E-state index contributed by atoms with van der Waals surface area (Å²) in [6, 6.07) is 0. The van der Waals surface area contributed by atoms with E-state index in [1.807, 2.05) is 6.92 Å². The molecule has 0 spiro atoms. The average molecular weight is 242 g/mol. The molecular formula is C13H26N2O2. The maximum Gasteiger partial charge on any atom is 0.326 e. The molecule has 0 unspecified atom stereocenters. The fraction of sp³-hybridized carbons (Fsp3) is 0.923. The summed E-state index contributed by atoms with van der Waals surface area (Å²) in [5.41, 5.74) is -0.433. The Labute approximate surface area is 105 Å². The van der Waals surface area contributed by atoms with Gasteiger partial charge < -0.3 is 15.0 Å². The first kappa shape index (κ1) is 14.5. The van der Waals surface area contributed by atoms with E-state index < -0.39 is 5.54 Å². The third-order valence-corrected chi connectivity index (χ3v) is 3.54. The van der Waals surface area contributed by atoms with Crippen LogP contribution in [0.1, 0.15) is 40.0 Å². The third-order valence-electron chi connectivity index (χ3n) is 3.54. The number of nitrogens with one attached hydrogen (secondary N) is 1. The van der Waals surface area contributed by atoms with Crippen molar-refractivity contribution in [3.63, 3.8) is 0 Å². The molecule has 0 saturated carbocycles. The van der Waals surface area contributed by atoms with E-state index in [0.717, 1.165) is 45.4 Å². The van der Waals surface area contributed by atoms with Crippen LogP contribution in [0, 0.1) is 0 Å². The molecule has 0 aromatic rings. The molecule has 1 fully saturated rings. The molecule has 1 heterocycles. The summed E-state index contributed by atoms with van der Waals surface area (Å²) in [6.07, 6.45) is 2.76. The molecule has 100 valence electrons. The Morgan fingerprint density at radius 3 is 2.41 bits per heavy atom. The lowest BCUT2D eigenvalue weighted by atomic mass is 9.87. The van der Waals surface area contributed by atoms with Crippen molar-refractivity contribution in [3.05, 3.63) is 0 Å². The molecule has 4 heteroatoms. The molecular weight excluding hydrogens is 216 g/mol. The van der Waals surface area contributed by atoms with Gasteiger partial charge >= 0.3 is 5.97 Å². The van der Waals surface area contributed by atoms with Crippen molar-refractivity contribution >= 4 is 5.97 Å². The first-order valence-corrected chi connectivity index (χ1v) is 6.83. The number of likely N-dealkylation sites (tertiary alicyclic amines) is 1. The fourth-order valence-electron chi connectivity index (χ4n) is 2.34. The first-order chi connectivity index (χ1) is 8.18. The van der Waals surface area contributed by atoms with E-state index in [1.54, 1.807) is 0 Å². The summed E-state index contributed by atoms with van der Waals surface area (Å²) in [7, 11) is 0. The Morgan fingerprint density at radius 2 is 1.94 bits per heavy atom. The van der Waals surface area contributed by atoms with Crippen LogP contribution in [0.5, 0.6) is 0 Å². The van der Waals surface area contributed by atoms with Gasteiger partial charge in [-0.1, -0.05) is 13.8 Å². The van der Waals surface area contributed by atoms with Crippen LogP contribution in [0.2, 0.25) is 0 Å². The summed E-state index contributed by atoms with van der Waals surface area (Å²) >= 11 is 0. The van der Waals surface area contributed by atoms with Crippen molar-refractivity contribution in [1.82, 2.24) is 10.2 Å². The van der Waals surface area contributed by atoms with Crippen LogP contribution in [-0.4, -0.2) is 49.2 Å². The van der Waals surface area contributed by atoms with Crippen LogP contribution in [-0.2, 0) is 9.53 Å². The van der Waals surface area contributed by atoms with E-state index in [0.29, 0.717) is 6.61 Å². The lowest BCUT2D eigenvalue weighted by Gasteiger charge is -2.40. The number of nitrogens with zero attached hydrogens (tertiary/aromatic N) is 1. The van der Waals surface area contributed by atoms with Gasteiger partial charge in [-0.25, -0.2) is 0 Å². The predicted octanol–water partition coefficient (Wildman–Crippen LogP) is 1.40. The zero-order valence-electron chi connectivity index (χ0n) is 11.4. The summed E-state index contributed by atoms with van der Waals surface area (Å²) < 4.78 is 5.23. The van der Waals surface area contributed by atoms with Gasteiger partial charge in [0.25, 0.3) is 0 Å². The van der Waals surface area contributed by atoms with Crippen LogP contribution in [0.25, 0.3) is 0 Å². The number of carbonyl (C=O) groups excluding carboxylic acids is 1. The topological polar surface area (TPSA) is 41.6 Å². The van der Waals surface area contributed by atoms with E-state index in [1.165, 1.54) is 0 Å². The van der Waals surface area contributed by atoms with E-state index in [9.17, 15) is 4.79 Å². The SMILES string of the molecule is CCCNC1(C(=O)OCC)CCN(CC)CC1. The molecule has 0 amide bonds. The molecule has 1 saturated heterocycles. The van der Waals surface area contributed by atoms with Crippen LogP contribution in [0.15, 0.2) is 0 Å². The Balaban J connectivity index is 2.63. The van der Waals surface area contributed by atoms with E-state index >= 15 is 0 Å². The molecule has 0 aromatic carbocycles. The van der Waals surface area contributed by atoms with Gasteiger partial charge in [0.1, 0.15) is 5.54 Å². The van der Waals surface area contributed by atoms with Crippen molar-refractivity contribution in [2.24, 2.45) is 0 Å². The molecule has 1 aliphatic heterocycles. The van der Waals surface area contributed by atoms with Crippen molar-refractivity contribution in [3.8, 4) is 0 Å². The minimum Gasteiger partial charge on any atom is -0.465 e. The lowest BCUT2D eigenvalue weighted by Crippen LogP contribution is -2.59. The Kier molecular flexibility index (Phi) is 5.92. The number of ether oxygens (including phenoxy) is 1. The molecule has 0 radical (unpaired) electrons. The largest absolute Gasteiger partial charge is 0.465 e. The van der Waals surface area contributed by atoms with Gasteiger partial charge in [-0.3, -0.25) is 4.79 Å². The van der Waals surface area contributed by atoms with Gasteiger partial charge in [0, 0.05) is 13.1 Å². The molecule has 1 aliphatic rings. The van der Waals surface area contributed by atoms with Crippen LogP contribution in [0.4, 0.5) is 0 Å². The normalized spacial score (nSPS) is 20.2. The van der Waals surface area contributed by atoms with Crippen molar-refractivity contribution in [1.29, 1.82) is 0 Å². The Bertz CT molecular complexity index is 236.